The molecule has 0 saturated heterocycles. The van der Waals surface area contributed by atoms with E-state index >= 15 is 0 Å². The van der Waals surface area contributed by atoms with Gasteiger partial charge in [0.15, 0.2) is 11.5 Å². The van der Waals surface area contributed by atoms with Crippen LogP contribution in [0.4, 0.5) is 0 Å². The summed E-state index contributed by atoms with van der Waals surface area (Å²) in [7, 11) is 0. The number of carbonyl (C=O) groups is 2. The van der Waals surface area contributed by atoms with Gasteiger partial charge in [0.25, 0.3) is 0 Å². The normalized spacial score (nSPS) is 15.8. The Balaban J connectivity index is 1.42. The van der Waals surface area contributed by atoms with Gasteiger partial charge in [-0.15, -0.1) is 0 Å². The number of phenols is 1. The van der Waals surface area contributed by atoms with Gasteiger partial charge in [0.2, 0.25) is 0 Å². The molecule has 0 fully saturated rings. The molecule has 0 bridgehead atoms. The third-order valence-electron chi connectivity index (χ3n) is 7.33. The molecule has 3 heterocycles. The fourth-order valence-corrected chi connectivity index (χ4v) is 5.58. The lowest BCUT2D eigenvalue weighted by molar-refractivity contribution is -0.135. The molecule has 1 unspecified atom stereocenters. The first-order valence-electron chi connectivity index (χ1n) is 12.8. The zero-order valence-corrected chi connectivity index (χ0v) is 21.5. The van der Waals surface area contributed by atoms with Gasteiger partial charge in [-0.2, -0.15) is 0 Å². The number of aryl methyl sites for hydroxylation is 1. The summed E-state index contributed by atoms with van der Waals surface area (Å²) < 4.78 is 22.9. The lowest BCUT2D eigenvalue weighted by Gasteiger charge is -2.29. The van der Waals surface area contributed by atoms with Crippen LogP contribution in [0, 0.1) is 6.92 Å². The number of phenolic OH excluding ortho intramolecular Hbond substituents is 1. The van der Waals surface area contributed by atoms with Gasteiger partial charge < -0.3 is 23.7 Å². The summed E-state index contributed by atoms with van der Waals surface area (Å²) in [5.74, 6) is -0.660. The van der Waals surface area contributed by atoms with Gasteiger partial charge in [-0.3, -0.25) is 9.59 Å². The van der Waals surface area contributed by atoms with Gasteiger partial charge in [-0.05, 0) is 42.7 Å². The highest BCUT2D eigenvalue weighted by Gasteiger charge is 2.38. The predicted octanol–water partition coefficient (Wildman–Crippen LogP) is 5.01. The number of Topliss-reactive ketones (excluding diaryl/α,β-unsaturated/α-hetero) is 1. The van der Waals surface area contributed by atoms with Crippen LogP contribution in [0.25, 0.3) is 11.0 Å². The van der Waals surface area contributed by atoms with E-state index < -0.39 is 23.3 Å². The largest absolute Gasteiger partial charge is 0.506 e. The SMILES string of the molecule is CC(=O)c1c2c(c3oc(=O)cc(C)c3c1O)C(c1ccccc1OCCc1ccc3c(c1)CCO3)CC(=O)O2. The van der Waals surface area contributed by atoms with Crippen molar-refractivity contribution in [3.63, 3.8) is 0 Å². The number of ether oxygens (including phenoxy) is 3. The standard InChI is InChI=1S/C31H26O8/c1-16-13-24(33)38-30-26(16)29(35)27(17(2)32)31-28(30)21(15-25(34)39-31)20-5-3-4-6-23(20)37-11-9-18-7-8-22-19(14-18)10-12-36-22/h3-8,13-14,21,35H,9-12,15H2,1-2H3. The first-order chi connectivity index (χ1) is 18.8. The highest BCUT2D eigenvalue weighted by molar-refractivity contribution is 6.09. The fourth-order valence-electron chi connectivity index (χ4n) is 5.58. The Morgan fingerprint density at radius 2 is 1.95 bits per heavy atom. The summed E-state index contributed by atoms with van der Waals surface area (Å²) in [6.07, 6.45) is 1.50. The number of esters is 1. The number of hydrogen-bond acceptors (Lipinski definition) is 8. The average molecular weight is 527 g/mol. The van der Waals surface area contributed by atoms with Crippen molar-refractivity contribution >= 4 is 22.7 Å². The topological polar surface area (TPSA) is 112 Å². The third-order valence-corrected chi connectivity index (χ3v) is 7.33. The van der Waals surface area contributed by atoms with E-state index in [0.717, 1.165) is 17.7 Å². The Kier molecular flexibility index (Phi) is 6.10. The van der Waals surface area contributed by atoms with Crippen LogP contribution < -0.4 is 19.8 Å². The second kappa shape index (κ2) is 9.62. The molecular formula is C31H26O8. The first kappa shape index (κ1) is 24.7. The van der Waals surface area contributed by atoms with Gasteiger partial charge in [0, 0.05) is 36.0 Å². The highest BCUT2D eigenvalue weighted by Crippen LogP contribution is 2.50. The summed E-state index contributed by atoms with van der Waals surface area (Å²) in [6, 6.07) is 14.7. The lowest BCUT2D eigenvalue weighted by atomic mass is 9.82. The molecule has 0 radical (unpaired) electrons. The van der Waals surface area contributed by atoms with E-state index in [4.69, 9.17) is 18.6 Å². The molecule has 198 valence electrons. The van der Waals surface area contributed by atoms with Crippen molar-refractivity contribution in [2.24, 2.45) is 0 Å². The summed E-state index contributed by atoms with van der Waals surface area (Å²) in [4.78, 5) is 37.8. The minimum Gasteiger partial charge on any atom is -0.506 e. The fraction of sp³-hybridized carbons (Fsp3) is 0.258. The Bertz CT molecular complexity index is 1710. The second-order valence-electron chi connectivity index (χ2n) is 9.88. The van der Waals surface area contributed by atoms with Crippen LogP contribution in [0.3, 0.4) is 0 Å². The molecular weight excluding hydrogens is 500 g/mol. The summed E-state index contributed by atoms with van der Waals surface area (Å²) >= 11 is 0. The van der Waals surface area contributed by atoms with Crippen molar-refractivity contribution in [3.8, 4) is 23.0 Å². The number of para-hydroxylation sites is 1. The molecule has 4 aromatic rings. The van der Waals surface area contributed by atoms with Crippen molar-refractivity contribution in [1.82, 2.24) is 0 Å². The van der Waals surface area contributed by atoms with E-state index in [1.54, 1.807) is 6.92 Å². The summed E-state index contributed by atoms with van der Waals surface area (Å²) in [6.45, 7) is 4.03. The quantitative estimate of drug-likeness (QED) is 0.162. The number of aromatic hydroxyl groups is 1. The third kappa shape index (κ3) is 4.31. The van der Waals surface area contributed by atoms with Crippen molar-refractivity contribution in [2.45, 2.75) is 39.0 Å². The molecule has 8 heteroatoms. The molecule has 1 aromatic heterocycles. The highest BCUT2D eigenvalue weighted by atomic mass is 16.5. The zero-order chi connectivity index (χ0) is 27.3. The number of carbonyl (C=O) groups excluding carboxylic acids is 2. The van der Waals surface area contributed by atoms with Crippen molar-refractivity contribution in [3.05, 3.63) is 92.3 Å². The van der Waals surface area contributed by atoms with Crippen LogP contribution in [-0.2, 0) is 17.6 Å². The molecule has 6 rings (SSSR count). The number of rotatable bonds is 6. The summed E-state index contributed by atoms with van der Waals surface area (Å²) in [5, 5.41) is 11.3. The van der Waals surface area contributed by atoms with E-state index in [0.29, 0.717) is 42.1 Å². The Morgan fingerprint density at radius 3 is 2.77 bits per heavy atom. The number of benzene rings is 3. The van der Waals surface area contributed by atoms with Crippen LogP contribution in [-0.4, -0.2) is 30.1 Å². The van der Waals surface area contributed by atoms with Gasteiger partial charge in [0.1, 0.15) is 28.4 Å². The number of ketones is 1. The molecule has 0 amide bonds. The van der Waals surface area contributed by atoms with Crippen LogP contribution in [0.2, 0.25) is 0 Å². The monoisotopic (exact) mass is 526 g/mol. The molecule has 2 aliphatic rings. The Hall–Kier alpha value is -4.59. The van der Waals surface area contributed by atoms with Crippen molar-refractivity contribution in [2.75, 3.05) is 13.2 Å². The molecule has 39 heavy (non-hydrogen) atoms. The molecule has 0 saturated carbocycles. The van der Waals surface area contributed by atoms with Gasteiger partial charge in [-0.1, -0.05) is 30.3 Å². The van der Waals surface area contributed by atoms with Crippen LogP contribution in [0.15, 0.2) is 57.7 Å². The van der Waals surface area contributed by atoms with Gasteiger partial charge >= 0.3 is 11.6 Å². The smallest absolute Gasteiger partial charge is 0.336 e. The summed E-state index contributed by atoms with van der Waals surface area (Å²) in [5.41, 5.74) is 3.18. The van der Waals surface area contributed by atoms with E-state index in [9.17, 15) is 19.5 Å². The van der Waals surface area contributed by atoms with E-state index in [2.05, 4.69) is 6.07 Å². The van der Waals surface area contributed by atoms with E-state index in [1.165, 1.54) is 18.6 Å². The molecule has 1 N–H and O–H groups in total. The van der Waals surface area contributed by atoms with Crippen LogP contribution >= 0.6 is 0 Å². The Labute approximate surface area is 223 Å². The first-order valence-corrected chi connectivity index (χ1v) is 12.8. The average Bonchev–Trinajstić information content (AvgIpc) is 3.36. The number of hydrogen-bond donors (Lipinski definition) is 1. The molecule has 2 aliphatic heterocycles. The number of fused-ring (bicyclic) bond motifs is 4. The van der Waals surface area contributed by atoms with Gasteiger partial charge in [-0.25, -0.2) is 4.79 Å². The molecule has 1 atom stereocenters. The predicted molar refractivity (Wildman–Crippen MR) is 142 cm³/mol. The molecule has 3 aromatic carbocycles. The van der Waals surface area contributed by atoms with Crippen LogP contribution in [0.5, 0.6) is 23.0 Å². The van der Waals surface area contributed by atoms with E-state index in [-0.39, 0.29) is 34.5 Å². The molecule has 0 spiro atoms. The minimum atomic E-state index is -0.638. The van der Waals surface area contributed by atoms with Crippen molar-refractivity contribution in [1.29, 1.82) is 0 Å². The lowest BCUT2D eigenvalue weighted by Crippen LogP contribution is -2.24. The van der Waals surface area contributed by atoms with E-state index in [1.807, 2.05) is 36.4 Å². The molecule has 8 nitrogen and oxygen atoms in total. The van der Waals surface area contributed by atoms with Crippen LogP contribution in [0.1, 0.15) is 57.4 Å². The Morgan fingerprint density at radius 1 is 1.13 bits per heavy atom. The molecule has 0 aliphatic carbocycles. The second-order valence-corrected chi connectivity index (χ2v) is 9.88. The van der Waals surface area contributed by atoms with Gasteiger partial charge in [0.05, 0.1) is 25.0 Å². The van der Waals surface area contributed by atoms with Crippen molar-refractivity contribution < 1.29 is 33.3 Å². The maximum absolute atomic E-state index is 12.8. The zero-order valence-electron chi connectivity index (χ0n) is 21.5. The maximum Gasteiger partial charge on any atom is 0.336 e. The minimum absolute atomic E-state index is 0.0624. The maximum atomic E-state index is 12.8.